The molecule has 2 amide bonds. The van der Waals surface area contributed by atoms with E-state index in [1.54, 1.807) is 0 Å². The number of nitrogens with zero attached hydrogens (tertiary/aromatic N) is 1. The fourth-order valence-corrected chi connectivity index (χ4v) is 4.02. The lowest BCUT2D eigenvalue weighted by molar-refractivity contribution is -0.133. The maximum absolute atomic E-state index is 12.6. The molecule has 5 heteroatoms. The molecule has 0 spiro atoms. The number of nitrogens with one attached hydrogen (secondary N) is 2. The Labute approximate surface area is 147 Å². The molecular formula is C20H25N3O2. The van der Waals surface area contributed by atoms with Crippen LogP contribution >= 0.6 is 0 Å². The van der Waals surface area contributed by atoms with E-state index >= 15 is 0 Å². The molecule has 0 bridgehead atoms. The first-order valence-electron chi connectivity index (χ1n) is 9.23. The van der Waals surface area contributed by atoms with E-state index in [-0.39, 0.29) is 23.8 Å². The van der Waals surface area contributed by atoms with Gasteiger partial charge in [0, 0.05) is 42.0 Å². The fourth-order valence-electron chi connectivity index (χ4n) is 4.02. The van der Waals surface area contributed by atoms with Crippen LogP contribution in [0.5, 0.6) is 0 Å². The second-order valence-electron chi connectivity index (χ2n) is 7.44. The summed E-state index contributed by atoms with van der Waals surface area (Å²) in [5.74, 6) is 0.877. The molecule has 0 unspecified atom stereocenters. The summed E-state index contributed by atoms with van der Waals surface area (Å²) < 4.78 is 0. The van der Waals surface area contributed by atoms with E-state index in [2.05, 4.69) is 42.3 Å². The second-order valence-corrected chi connectivity index (χ2v) is 7.44. The highest BCUT2D eigenvalue weighted by molar-refractivity contribution is 5.86. The number of carbonyl (C=O) groups excluding carboxylic acids is 2. The summed E-state index contributed by atoms with van der Waals surface area (Å²) in [6.07, 6.45) is 2.22. The number of hydrogen-bond donors (Lipinski definition) is 2. The number of aromatic nitrogens is 1. The van der Waals surface area contributed by atoms with Crippen LogP contribution in [0.2, 0.25) is 0 Å². The smallest absolute Gasteiger partial charge is 0.224 e. The van der Waals surface area contributed by atoms with E-state index in [1.165, 1.54) is 10.9 Å². The number of hydrogen-bond acceptors (Lipinski definition) is 2. The number of para-hydroxylation sites is 1. The quantitative estimate of drug-likeness (QED) is 0.899. The van der Waals surface area contributed by atoms with E-state index in [0.29, 0.717) is 18.9 Å². The minimum absolute atomic E-state index is 0.0443. The predicted octanol–water partition coefficient (Wildman–Crippen LogP) is 2.78. The second kappa shape index (κ2) is 6.21. The van der Waals surface area contributed by atoms with E-state index in [0.717, 1.165) is 30.6 Å². The minimum Gasteiger partial charge on any atom is -0.356 e. The van der Waals surface area contributed by atoms with Gasteiger partial charge in [0.2, 0.25) is 11.8 Å². The van der Waals surface area contributed by atoms with Crippen molar-refractivity contribution in [1.29, 1.82) is 0 Å². The molecule has 1 fully saturated rings. The van der Waals surface area contributed by atoms with Gasteiger partial charge in [-0.3, -0.25) is 9.59 Å². The molecule has 1 aliphatic heterocycles. The SMILES string of the molecule is C[C@@H]1C[C@@H]1C(=O)NCCC(=O)N1CCc2c([nH]c3ccccc23)[C@@H]1C. The Morgan fingerprint density at radius 1 is 1.28 bits per heavy atom. The molecule has 0 radical (unpaired) electrons. The zero-order valence-corrected chi connectivity index (χ0v) is 14.8. The molecule has 3 atom stereocenters. The molecular weight excluding hydrogens is 314 g/mol. The summed E-state index contributed by atoms with van der Waals surface area (Å²) in [6, 6.07) is 8.36. The maximum atomic E-state index is 12.6. The van der Waals surface area contributed by atoms with Crippen LogP contribution in [0, 0.1) is 11.8 Å². The van der Waals surface area contributed by atoms with Crippen LogP contribution in [-0.2, 0) is 16.0 Å². The molecule has 5 nitrogen and oxygen atoms in total. The summed E-state index contributed by atoms with van der Waals surface area (Å²) in [6.45, 7) is 5.34. The van der Waals surface area contributed by atoms with Crippen molar-refractivity contribution in [1.82, 2.24) is 15.2 Å². The number of amides is 2. The van der Waals surface area contributed by atoms with Crippen molar-refractivity contribution in [3.63, 3.8) is 0 Å². The molecule has 1 saturated carbocycles. The van der Waals surface area contributed by atoms with Crippen LogP contribution in [-0.4, -0.2) is 34.8 Å². The average molecular weight is 339 g/mol. The van der Waals surface area contributed by atoms with Crippen molar-refractivity contribution in [3.8, 4) is 0 Å². The molecule has 2 aliphatic rings. The number of fused-ring (bicyclic) bond motifs is 3. The van der Waals surface area contributed by atoms with Gasteiger partial charge >= 0.3 is 0 Å². The van der Waals surface area contributed by atoms with Gasteiger partial charge in [-0.2, -0.15) is 0 Å². The highest BCUT2D eigenvalue weighted by atomic mass is 16.2. The Bertz CT molecular complexity index is 825. The Hall–Kier alpha value is -2.30. The van der Waals surface area contributed by atoms with Crippen LogP contribution < -0.4 is 5.32 Å². The molecule has 1 aliphatic carbocycles. The lowest BCUT2D eigenvalue weighted by Gasteiger charge is -2.33. The van der Waals surface area contributed by atoms with Gasteiger partial charge in [-0.15, -0.1) is 0 Å². The van der Waals surface area contributed by atoms with Crippen LogP contribution in [0.4, 0.5) is 0 Å². The Morgan fingerprint density at radius 2 is 2.04 bits per heavy atom. The average Bonchev–Trinajstić information content (AvgIpc) is 3.21. The number of benzene rings is 1. The molecule has 4 rings (SSSR count). The van der Waals surface area contributed by atoms with Crippen LogP contribution in [0.3, 0.4) is 0 Å². The van der Waals surface area contributed by atoms with Crippen LogP contribution in [0.1, 0.15) is 44.0 Å². The van der Waals surface area contributed by atoms with Crippen LogP contribution in [0.15, 0.2) is 24.3 Å². The van der Waals surface area contributed by atoms with E-state index in [1.807, 2.05) is 11.0 Å². The molecule has 1 aromatic carbocycles. The molecule has 2 heterocycles. The van der Waals surface area contributed by atoms with Gasteiger partial charge in [0.15, 0.2) is 0 Å². The lowest BCUT2D eigenvalue weighted by Crippen LogP contribution is -2.40. The van der Waals surface area contributed by atoms with E-state index in [4.69, 9.17) is 0 Å². The van der Waals surface area contributed by atoms with Gasteiger partial charge in [-0.05, 0) is 37.3 Å². The monoisotopic (exact) mass is 339 g/mol. The number of carbonyl (C=O) groups is 2. The zero-order chi connectivity index (χ0) is 17.6. The molecule has 2 aromatic rings. The third-order valence-corrected chi connectivity index (χ3v) is 5.74. The van der Waals surface area contributed by atoms with Gasteiger partial charge in [-0.1, -0.05) is 25.1 Å². The van der Waals surface area contributed by atoms with Crippen LogP contribution in [0.25, 0.3) is 10.9 Å². The molecule has 0 saturated heterocycles. The maximum Gasteiger partial charge on any atom is 0.224 e. The Balaban J connectivity index is 1.39. The number of H-pyrrole nitrogens is 1. The molecule has 25 heavy (non-hydrogen) atoms. The topological polar surface area (TPSA) is 65.2 Å². The van der Waals surface area contributed by atoms with Gasteiger partial charge in [0.1, 0.15) is 0 Å². The highest BCUT2D eigenvalue weighted by Gasteiger charge is 2.39. The molecule has 132 valence electrons. The van der Waals surface area contributed by atoms with Crippen molar-refractivity contribution >= 4 is 22.7 Å². The predicted molar refractivity (Wildman–Crippen MR) is 97.0 cm³/mol. The normalized spacial score (nSPS) is 24.9. The summed E-state index contributed by atoms with van der Waals surface area (Å²) >= 11 is 0. The lowest BCUT2D eigenvalue weighted by atomic mass is 9.98. The van der Waals surface area contributed by atoms with E-state index < -0.39 is 0 Å². The van der Waals surface area contributed by atoms with Gasteiger partial charge < -0.3 is 15.2 Å². The number of aromatic amines is 1. The summed E-state index contributed by atoms with van der Waals surface area (Å²) in [5.41, 5.74) is 3.62. The van der Waals surface area contributed by atoms with Gasteiger partial charge in [0.05, 0.1) is 6.04 Å². The standard InChI is InChI=1S/C20H25N3O2/c1-12-11-16(12)20(25)21-9-7-18(24)23-10-8-15-14-5-3-4-6-17(14)22-19(15)13(23)2/h3-6,12-13,16,22H,7-11H2,1-2H3,(H,21,25)/t12-,13+,16+/m1/s1. The minimum atomic E-state index is 0.0443. The van der Waals surface area contributed by atoms with Crippen molar-refractivity contribution in [2.45, 2.75) is 39.2 Å². The number of rotatable bonds is 4. The third kappa shape index (κ3) is 2.92. The van der Waals surface area contributed by atoms with Crippen molar-refractivity contribution in [2.24, 2.45) is 11.8 Å². The van der Waals surface area contributed by atoms with E-state index in [9.17, 15) is 9.59 Å². The summed E-state index contributed by atoms with van der Waals surface area (Å²) in [7, 11) is 0. The Kier molecular flexibility index (Phi) is 4.02. The molecule has 1 aromatic heterocycles. The van der Waals surface area contributed by atoms with Gasteiger partial charge in [-0.25, -0.2) is 0 Å². The summed E-state index contributed by atoms with van der Waals surface area (Å²) in [4.78, 5) is 29.9. The highest BCUT2D eigenvalue weighted by Crippen LogP contribution is 2.37. The largest absolute Gasteiger partial charge is 0.356 e. The van der Waals surface area contributed by atoms with Gasteiger partial charge in [0.25, 0.3) is 0 Å². The van der Waals surface area contributed by atoms with Crippen molar-refractivity contribution in [3.05, 3.63) is 35.5 Å². The first-order valence-corrected chi connectivity index (χ1v) is 9.23. The fraction of sp³-hybridized carbons (Fsp3) is 0.500. The Morgan fingerprint density at radius 3 is 2.80 bits per heavy atom. The van der Waals surface area contributed by atoms with Crippen molar-refractivity contribution in [2.75, 3.05) is 13.1 Å². The summed E-state index contributed by atoms with van der Waals surface area (Å²) in [5, 5.41) is 4.17. The zero-order valence-electron chi connectivity index (χ0n) is 14.8. The van der Waals surface area contributed by atoms with Crippen molar-refractivity contribution < 1.29 is 9.59 Å². The third-order valence-electron chi connectivity index (χ3n) is 5.74. The molecule has 2 N–H and O–H groups in total. The first kappa shape index (κ1) is 16.2. The first-order chi connectivity index (χ1) is 12.1.